The Balaban J connectivity index is 1.82. The number of amides is 2. The Kier molecular flexibility index (Phi) is 3.43. The molecule has 4 rings (SSSR count). The number of carbonyl (C=O) groups is 2. The molecular weight excluding hydrogens is 375 g/mol. The minimum atomic E-state index is -4.65. The zero-order valence-corrected chi connectivity index (χ0v) is 14.1. The zero-order valence-electron chi connectivity index (χ0n) is 13.4. The number of hydrogen-bond donors (Lipinski definition) is 1. The standard InChI is InChI=1S/C17H13ClF3NO4/c1-15-4-5-16(7-23,26-15)12-11(15)13(24)22(14(12)25)10-6-8(17(19,20)21)2-3-9(10)18/h2-6,11-12,23H,7H2,1H3/t11-,12-,15-,16-/m1/s1. The summed E-state index contributed by atoms with van der Waals surface area (Å²) in [4.78, 5) is 26.6. The fraction of sp³-hybridized carbons (Fsp3) is 0.412. The second-order valence-electron chi connectivity index (χ2n) is 6.86. The van der Waals surface area contributed by atoms with Crippen LogP contribution in [0.3, 0.4) is 0 Å². The van der Waals surface area contributed by atoms with E-state index in [0.29, 0.717) is 11.0 Å². The monoisotopic (exact) mass is 387 g/mol. The number of anilines is 1. The molecule has 4 atom stereocenters. The number of ether oxygens (including phenoxy) is 1. The average Bonchev–Trinajstić information content (AvgIpc) is 3.13. The highest BCUT2D eigenvalue weighted by Gasteiger charge is 2.72. The zero-order chi connectivity index (χ0) is 19.1. The maximum Gasteiger partial charge on any atom is 0.416 e. The number of fused-ring (bicyclic) bond motifs is 5. The van der Waals surface area contributed by atoms with Gasteiger partial charge in [-0.3, -0.25) is 9.59 Å². The van der Waals surface area contributed by atoms with Crippen molar-refractivity contribution in [1.29, 1.82) is 0 Å². The van der Waals surface area contributed by atoms with Crippen LogP contribution in [-0.4, -0.2) is 34.7 Å². The summed E-state index contributed by atoms with van der Waals surface area (Å²) in [5.74, 6) is -3.37. The second-order valence-corrected chi connectivity index (χ2v) is 7.27. The molecule has 26 heavy (non-hydrogen) atoms. The van der Waals surface area contributed by atoms with Crippen LogP contribution in [0.4, 0.5) is 18.9 Å². The number of carbonyl (C=O) groups excluding carboxylic acids is 2. The maximum atomic E-state index is 13.0. The first-order valence-corrected chi connectivity index (χ1v) is 8.18. The van der Waals surface area contributed by atoms with Gasteiger partial charge in [0.25, 0.3) is 0 Å². The molecule has 1 aromatic rings. The van der Waals surface area contributed by atoms with Crippen molar-refractivity contribution >= 4 is 29.1 Å². The lowest BCUT2D eigenvalue weighted by atomic mass is 9.73. The third-order valence-corrected chi connectivity index (χ3v) is 5.64. The van der Waals surface area contributed by atoms with E-state index in [2.05, 4.69) is 0 Å². The Bertz CT molecular complexity index is 870. The Hall–Kier alpha value is -1.90. The number of alkyl halides is 3. The molecule has 1 aromatic carbocycles. The van der Waals surface area contributed by atoms with E-state index in [9.17, 15) is 27.9 Å². The van der Waals surface area contributed by atoms with Gasteiger partial charge in [-0.1, -0.05) is 23.8 Å². The quantitative estimate of drug-likeness (QED) is 0.625. The van der Waals surface area contributed by atoms with Gasteiger partial charge < -0.3 is 9.84 Å². The SMILES string of the molecule is C[C@]12C=C[C@](CO)(O1)[C@H]1C(=O)N(c3cc(C(F)(F)F)ccc3Cl)C(=O)[C@@H]12. The summed E-state index contributed by atoms with van der Waals surface area (Å²) < 4.78 is 44.8. The van der Waals surface area contributed by atoms with Crippen LogP contribution in [0.1, 0.15) is 12.5 Å². The predicted octanol–water partition coefficient (Wildman–Crippen LogP) is 2.55. The number of benzene rings is 1. The molecule has 9 heteroatoms. The summed E-state index contributed by atoms with van der Waals surface area (Å²) in [6.07, 6.45) is -1.51. The number of aliphatic hydroxyl groups excluding tert-OH is 1. The van der Waals surface area contributed by atoms with Gasteiger partial charge in [-0.25, -0.2) is 4.90 Å². The number of nitrogens with zero attached hydrogens (tertiary/aromatic N) is 1. The Labute approximate surface area is 151 Å². The number of aliphatic hydroxyl groups is 1. The van der Waals surface area contributed by atoms with E-state index in [0.717, 1.165) is 12.1 Å². The van der Waals surface area contributed by atoms with Gasteiger partial charge in [-0.15, -0.1) is 0 Å². The summed E-state index contributed by atoms with van der Waals surface area (Å²) in [6.45, 7) is 1.08. The molecule has 2 fully saturated rings. The highest BCUT2D eigenvalue weighted by molar-refractivity contribution is 6.36. The van der Waals surface area contributed by atoms with Gasteiger partial charge in [0.1, 0.15) is 5.60 Å². The van der Waals surface area contributed by atoms with Gasteiger partial charge in [0.15, 0.2) is 0 Å². The Morgan fingerprint density at radius 2 is 1.88 bits per heavy atom. The van der Waals surface area contributed by atoms with Crippen molar-refractivity contribution < 1.29 is 32.6 Å². The first kappa shape index (κ1) is 17.5. The fourth-order valence-electron chi connectivity index (χ4n) is 4.14. The highest BCUT2D eigenvalue weighted by Crippen LogP contribution is 2.58. The van der Waals surface area contributed by atoms with Gasteiger partial charge >= 0.3 is 6.18 Å². The van der Waals surface area contributed by atoms with Crippen LogP contribution in [0, 0.1) is 11.8 Å². The number of imide groups is 1. The van der Waals surface area contributed by atoms with E-state index in [1.165, 1.54) is 6.08 Å². The number of rotatable bonds is 2. The molecule has 0 aliphatic carbocycles. The summed E-state index contributed by atoms with van der Waals surface area (Å²) in [5, 5.41) is 9.59. The van der Waals surface area contributed by atoms with Gasteiger partial charge in [0, 0.05) is 0 Å². The molecule has 3 heterocycles. The van der Waals surface area contributed by atoms with Gasteiger partial charge in [0.2, 0.25) is 11.8 Å². The van der Waals surface area contributed by atoms with Crippen LogP contribution < -0.4 is 4.90 Å². The summed E-state index contributed by atoms with van der Waals surface area (Å²) >= 11 is 6.00. The molecule has 138 valence electrons. The molecule has 0 radical (unpaired) electrons. The lowest BCUT2D eigenvalue weighted by Gasteiger charge is -2.27. The molecule has 2 saturated heterocycles. The molecule has 3 aliphatic heterocycles. The number of halogens is 4. The molecule has 0 unspecified atom stereocenters. The van der Waals surface area contributed by atoms with Crippen molar-refractivity contribution in [2.45, 2.75) is 24.3 Å². The Morgan fingerprint density at radius 3 is 2.50 bits per heavy atom. The summed E-state index contributed by atoms with van der Waals surface area (Å²) in [6, 6.07) is 2.47. The molecule has 0 saturated carbocycles. The van der Waals surface area contributed by atoms with E-state index in [1.54, 1.807) is 13.0 Å². The fourth-order valence-corrected chi connectivity index (χ4v) is 4.34. The second kappa shape index (κ2) is 5.09. The smallest absolute Gasteiger partial charge is 0.393 e. The van der Waals surface area contributed by atoms with Crippen LogP contribution in [0.15, 0.2) is 30.4 Å². The molecule has 5 nitrogen and oxygen atoms in total. The highest BCUT2D eigenvalue weighted by atomic mass is 35.5. The van der Waals surface area contributed by atoms with Crippen LogP contribution in [-0.2, 0) is 20.5 Å². The average molecular weight is 388 g/mol. The third kappa shape index (κ3) is 2.06. The van der Waals surface area contributed by atoms with Crippen molar-refractivity contribution in [2.75, 3.05) is 11.5 Å². The van der Waals surface area contributed by atoms with E-state index >= 15 is 0 Å². The van der Waals surface area contributed by atoms with E-state index in [-0.39, 0.29) is 10.7 Å². The minimum absolute atomic E-state index is 0.149. The lowest BCUT2D eigenvalue weighted by Crippen LogP contribution is -2.43. The first-order valence-electron chi connectivity index (χ1n) is 7.80. The normalized spacial score (nSPS) is 35.5. The lowest BCUT2D eigenvalue weighted by molar-refractivity contribution is -0.138. The molecule has 0 spiro atoms. The first-order chi connectivity index (χ1) is 12.0. The van der Waals surface area contributed by atoms with Crippen LogP contribution in [0.2, 0.25) is 5.02 Å². The molecular formula is C17H13ClF3NO4. The molecule has 3 aliphatic rings. The van der Waals surface area contributed by atoms with E-state index in [4.69, 9.17) is 16.3 Å². The minimum Gasteiger partial charge on any atom is -0.393 e. The molecule has 2 amide bonds. The summed E-state index contributed by atoms with van der Waals surface area (Å²) in [5.41, 5.74) is -3.80. The maximum absolute atomic E-state index is 13.0. The van der Waals surface area contributed by atoms with E-state index < -0.39 is 53.2 Å². The van der Waals surface area contributed by atoms with Gasteiger partial charge in [0.05, 0.1) is 40.3 Å². The van der Waals surface area contributed by atoms with Crippen LogP contribution in [0.5, 0.6) is 0 Å². The van der Waals surface area contributed by atoms with Crippen molar-refractivity contribution in [2.24, 2.45) is 11.8 Å². The Morgan fingerprint density at radius 1 is 1.23 bits per heavy atom. The van der Waals surface area contributed by atoms with Crippen molar-refractivity contribution in [1.82, 2.24) is 0 Å². The van der Waals surface area contributed by atoms with Crippen molar-refractivity contribution in [3.05, 3.63) is 40.9 Å². The van der Waals surface area contributed by atoms with Crippen molar-refractivity contribution in [3.63, 3.8) is 0 Å². The topological polar surface area (TPSA) is 66.8 Å². The van der Waals surface area contributed by atoms with Crippen LogP contribution in [0.25, 0.3) is 0 Å². The largest absolute Gasteiger partial charge is 0.416 e. The summed E-state index contributed by atoms with van der Waals surface area (Å²) in [7, 11) is 0. The third-order valence-electron chi connectivity index (χ3n) is 5.32. The number of hydrogen-bond acceptors (Lipinski definition) is 4. The van der Waals surface area contributed by atoms with Gasteiger partial charge in [-0.2, -0.15) is 13.2 Å². The molecule has 0 aromatic heterocycles. The van der Waals surface area contributed by atoms with E-state index in [1.807, 2.05) is 0 Å². The molecule has 1 N–H and O–H groups in total. The predicted molar refractivity (Wildman–Crippen MR) is 84.4 cm³/mol. The van der Waals surface area contributed by atoms with Gasteiger partial charge in [-0.05, 0) is 25.1 Å². The molecule has 2 bridgehead atoms. The van der Waals surface area contributed by atoms with Crippen LogP contribution >= 0.6 is 11.6 Å². The van der Waals surface area contributed by atoms with Crippen molar-refractivity contribution in [3.8, 4) is 0 Å².